The summed E-state index contributed by atoms with van der Waals surface area (Å²) in [5.74, 6) is 0. The van der Waals surface area contributed by atoms with Crippen molar-refractivity contribution in [1.29, 1.82) is 5.26 Å². The molecule has 1 aromatic rings. The highest BCUT2D eigenvalue weighted by Gasteiger charge is 2.34. The molecule has 1 fully saturated rings. The highest BCUT2D eigenvalue weighted by Crippen LogP contribution is 2.26. The first-order valence-corrected chi connectivity index (χ1v) is 8.15. The molecule has 9 nitrogen and oxygen atoms in total. The van der Waals surface area contributed by atoms with Gasteiger partial charge in [-0.05, 0) is 13.2 Å². The molecule has 1 saturated heterocycles. The summed E-state index contributed by atoms with van der Waals surface area (Å²) in [6.07, 6.45) is 4.59. The van der Waals surface area contributed by atoms with Gasteiger partial charge in [0.15, 0.2) is 11.4 Å². The van der Waals surface area contributed by atoms with Crippen molar-refractivity contribution in [2.75, 3.05) is 12.8 Å². The van der Waals surface area contributed by atoms with E-state index in [1.54, 1.807) is 19.4 Å². The fraction of sp³-hybridized carbons (Fsp3) is 0.538. The minimum atomic E-state index is -0.546. The van der Waals surface area contributed by atoms with E-state index in [0.717, 1.165) is 0 Å². The zero-order chi connectivity index (χ0) is 17.0. The molecular weight excluding hydrogens is 320 g/mol. The molecule has 23 heavy (non-hydrogen) atoms. The van der Waals surface area contributed by atoms with Gasteiger partial charge >= 0.3 is 5.69 Å². The fourth-order valence-electron chi connectivity index (χ4n) is 2.28. The van der Waals surface area contributed by atoms with Crippen LogP contribution in [0.5, 0.6) is 0 Å². The summed E-state index contributed by atoms with van der Waals surface area (Å²) >= 11 is 1.31. The SMILES string of the molecule is CSC(=NC[C@H]1O[C@@H](n2cc(C)c(=O)[nH]c2=O)C[C@@H]1N)NC#N. The number of H-pyrrole nitrogens is 1. The predicted octanol–water partition coefficient (Wildman–Crippen LogP) is -0.750. The number of nitrogens with two attached hydrogens (primary N) is 1. The van der Waals surface area contributed by atoms with Crippen LogP contribution in [0.25, 0.3) is 0 Å². The minimum Gasteiger partial charge on any atom is -0.351 e. The number of thioether (sulfide) groups is 1. The second-order valence-corrected chi connectivity index (χ2v) is 5.89. The normalized spacial score (nSPS) is 24.4. The molecule has 4 N–H and O–H groups in total. The quantitative estimate of drug-likeness (QED) is 0.285. The molecule has 0 saturated carbocycles. The summed E-state index contributed by atoms with van der Waals surface area (Å²) in [7, 11) is 0. The topological polar surface area (TPSA) is 138 Å². The van der Waals surface area contributed by atoms with Gasteiger partial charge in [-0.1, -0.05) is 11.8 Å². The van der Waals surface area contributed by atoms with Gasteiger partial charge in [-0.25, -0.2) is 4.79 Å². The Bertz CT molecular complexity index is 749. The lowest BCUT2D eigenvalue weighted by molar-refractivity contribution is 0.00180. The van der Waals surface area contributed by atoms with E-state index in [-0.39, 0.29) is 18.7 Å². The minimum absolute atomic E-state index is 0.277. The Balaban J connectivity index is 2.13. The molecule has 10 heteroatoms. The molecule has 0 aromatic carbocycles. The number of aryl methyl sites for hydroxylation is 1. The second-order valence-electron chi connectivity index (χ2n) is 5.09. The van der Waals surface area contributed by atoms with Crippen molar-refractivity contribution in [1.82, 2.24) is 14.9 Å². The van der Waals surface area contributed by atoms with Crippen LogP contribution < -0.4 is 22.3 Å². The third-order valence-electron chi connectivity index (χ3n) is 3.51. The Hall–Kier alpha value is -2.09. The van der Waals surface area contributed by atoms with Crippen LogP contribution in [0.1, 0.15) is 18.2 Å². The summed E-state index contributed by atoms with van der Waals surface area (Å²) < 4.78 is 7.13. The molecule has 1 aliphatic rings. The van der Waals surface area contributed by atoms with Gasteiger partial charge < -0.3 is 10.5 Å². The van der Waals surface area contributed by atoms with E-state index >= 15 is 0 Å². The van der Waals surface area contributed by atoms with Gasteiger partial charge in [0.05, 0.1) is 12.6 Å². The van der Waals surface area contributed by atoms with E-state index in [9.17, 15) is 9.59 Å². The summed E-state index contributed by atoms with van der Waals surface area (Å²) in [6, 6.07) is -0.298. The molecule has 0 aliphatic carbocycles. The van der Waals surface area contributed by atoms with E-state index in [1.165, 1.54) is 22.5 Å². The Morgan fingerprint density at radius 2 is 2.43 bits per heavy atom. The van der Waals surface area contributed by atoms with Gasteiger partial charge in [-0.15, -0.1) is 0 Å². The lowest BCUT2D eigenvalue weighted by atomic mass is 10.1. The van der Waals surface area contributed by atoms with Gasteiger partial charge in [0.1, 0.15) is 6.23 Å². The van der Waals surface area contributed by atoms with Crippen molar-refractivity contribution in [3.63, 3.8) is 0 Å². The van der Waals surface area contributed by atoms with Crippen LogP contribution in [0, 0.1) is 18.4 Å². The molecule has 2 heterocycles. The van der Waals surface area contributed by atoms with E-state index in [1.807, 2.05) is 0 Å². The molecule has 124 valence electrons. The van der Waals surface area contributed by atoms with Crippen molar-refractivity contribution in [2.24, 2.45) is 10.7 Å². The first-order valence-electron chi connectivity index (χ1n) is 6.93. The summed E-state index contributed by atoms with van der Waals surface area (Å²) in [5, 5.41) is 11.5. The number of nitrogens with one attached hydrogen (secondary N) is 2. The Kier molecular flexibility index (Phi) is 5.59. The van der Waals surface area contributed by atoms with E-state index in [2.05, 4.69) is 15.3 Å². The van der Waals surface area contributed by atoms with Gasteiger partial charge in [0, 0.05) is 24.2 Å². The average molecular weight is 338 g/mol. The van der Waals surface area contributed by atoms with Crippen molar-refractivity contribution < 1.29 is 4.74 Å². The molecule has 0 radical (unpaired) electrons. The monoisotopic (exact) mass is 338 g/mol. The predicted molar refractivity (Wildman–Crippen MR) is 87.1 cm³/mol. The largest absolute Gasteiger partial charge is 0.351 e. The van der Waals surface area contributed by atoms with Crippen LogP contribution in [-0.2, 0) is 4.74 Å². The second kappa shape index (κ2) is 7.45. The number of aromatic amines is 1. The highest BCUT2D eigenvalue weighted by molar-refractivity contribution is 8.13. The summed E-state index contributed by atoms with van der Waals surface area (Å²) in [4.78, 5) is 29.8. The number of hydrogen-bond donors (Lipinski definition) is 3. The Labute approximate surface area is 136 Å². The third-order valence-corrected chi connectivity index (χ3v) is 4.13. The first kappa shape index (κ1) is 17.3. The van der Waals surface area contributed by atoms with Crippen molar-refractivity contribution in [3.8, 4) is 6.19 Å². The van der Waals surface area contributed by atoms with Gasteiger partial charge in [-0.2, -0.15) is 5.26 Å². The Morgan fingerprint density at radius 3 is 3.09 bits per heavy atom. The summed E-state index contributed by atoms with van der Waals surface area (Å²) in [6.45, 7) is 1.89. The average Bonchev–Trinajstić information content (AvgIpc) is 2.88. The third kappa shape index (κ3) is 4.01. The van der Waals surface area contributed by atoms with Gasteiger partial charge in [-0.3, -0.25) is 24.7 Å². The van der Waals surface area contributed by atoms with Crippen molar-refractivity contribution in [2.45, 2.75) is 31.7 Å². The summed E-state index contributed by atoms with van der Waals surface area (Å²) in [5.41, 5.74) is 5.53. The van der Waals surface area contributed by atoms with Crippen molar-refractivity contribution in [3.05, 3.63) is 32.6 Å². The van der Waals surface area contributed by atoms with Crippen molar-refractivity contribution >= 4 is 16.9 Å². The molecule has 0 amide bonds. The van der Waals surface area contributed by atoms with Crippen LogP contribution in [-0.4, -0.2) is 39.7 Å². The van der Waals surface area contributed by atoms with Gasteiger partial charge in [0.25, 0.3) is 5.56 Å². The number of amidine groups is 1. The maximum atomic E-state index is 11.9. The number of hydrogen-bond acceptors (Lipinski definition) is 7. The molecule has 0 bridgehead atoms. The number of nitriles is 1. The standard InChI is InChI=1S/C13H18N6O3S/c1-7-5-19(13(21)18-11(7)20)10-3-8(15)9(22-10)4-16-12(23-2)17-6-14/h5,8-10H,3-4,15H2,1-2H3,(H,16,17)(H,18,20,21)/t8-,9+,10+/m0/s1. The number of aliphatic imine (C=N–C) groups is 1. The molecule has 1 aliphatic heterocycles. The number of nitrogens with zero attached hydrogens (tertiary/aromatic N) is 3. The molecule has 0 spiro atoms. The highest BCUT2D eigenvalue weighted by atomic mass is 32.2. The zero-order valence-corrected chi connectivity index (χ0v) is 13.6. The number of rotatable bonds is 3. The maximum absolute atomic E-state index is 11.9. The lowest BCUT2D eigenvalue weighted by Crippen LogP contribution is -2.33. The molecule has 0 unspecified atom stereocenters. The lowest BCUT2D eigenvalue weighted by Gasteiger charge is -2.15. The van der Waals surface area contributed by atoms with Gasteiger partial charge in [0.2, 0.25) is 0 Å². The fourth-order valence-corrected chi connectivity index (χ4v) is 2.63. The van der Waals surface area contributed by atoms with E-state index in [0.29, 0.717) is 17.2 Å². The van der Waals surface area contributed by atoms with Crippen LogP contribution in [0.3, 0.4) is 0 Å². The zero-order valence-electron chi connectivity index (χ0n) is 12.8. The first-order chi connectivity index (χ1) is 11.0. The maximum Gasteiger partial charge on any atom is 0.330 e. The molecule has 1 aromatic heterocycles. The Morgan fingerprint density at radius 1 is 1.70 bits per heavy atom. The van der Waals surface area contributed by atoms with E-state index in [4.69, 9.17) is 15.7 Å². The molecule has 2 rings (SSSR count). The molecule has 3 atom stereocenters. The number of ether oxygens (including phenoxy) is 1. The number of aromatic nitrogens is 2. The van der Waals surface area contributed by atoms with Crippen LogP contribution in [0.4, 0.5) is 0 Å². The van der Waals surface area contributed by atoms with Crippen LogP contribution in [0.15, 0.2) is 20.8 Å². The molecular formula is C13H18N6O3S. The van der Waals surface area contributed by atoms with Crippen LogP contribution >= 0.6 is 11.8 Å². The van der Waals surface area contributed by atoms with Crippen LogP contribution in [0.2, 0.25) is 0 Å². The smallest absolute Gasteiger partial charge is 0.330 e. The van der Waals surface area contributed by atoms with E-state index < -0.39 is 17.5 Å².